The van der Waals surface area contributed by atoms with E-state index in [0.29, 0.717) is 11.7 Å². The highest BCUT2D eigenvalue weighted by atomic mass is 15.3. The Morgan fingerprint density at radius 3 is 2.83 bits per heavy atom. The van der Waals surface area contributed by atoms with Crippen LogP contribution in [0.2, 0.25) is 0 Å². The van der Waals surface area contributed by atoms with Gasteiger partial charge in [-0.15, -0.1) is 0 Å². The third kappa shape index (κ3) is 3.74. The van der Waals surface area contributed by atoms with Gasteiger partial charge in [0.05, 0.1) is 18.1 Å². The molecule has 23 heavy (non-hydrogen) atoms. The van der Waals surface area contributed by atoms with E-state index in [1.807, 2.05) is 23.9 Å². The molecule has 0 aliphatic heterocycles. The predicted octanol–water partition coefficient (Wildman–Crippen LogP) is 2.22. The zero-order chi connectivity index (χ0) is 16.2. The minimum absolute atomic E-state index is 0.420. The molecule has 0 fully saturated rings. The van der Waals surface area contributed by atoms with E-state index < -0.39 is 0 Å². The summed E-state index contributed by atoms with van der Waals surface area (Å²) in [5.74, 6) is 1.87. The minimum Gasteiger partial charge on any atom is -0.368 e. The summed E-state index contributed by atoms with van der Waals surface area (Å²) in [6.45, 7) is 7.96. The van der Waals surface area contributed by atoms with Gasteiger partial charge >= 0.3 is 0 Å². The smallest absolute Gasteiger partial charge is 0.173 e. The summed E-state index contributed by atoms with van der Waals surface area (Å²) >= 11 is 0. The molecular weight excluding hydrogens is 290 g/mol. The van der Waals surface area contributed by atoms with Crippen molar-refractivity contribution in [2.45, 2.75) is 27.3 Å². The Labute approximate surface area is 135 Å². The van der Waals surface area contributed by atoms with Crippen molar-refractivity contribution in [2.24, 2.45) is 5.92 Å². The lowest BCUT2D eigenvalue weighted by atomic mass is 10.2. The third-order valence-electron chi connectivity index (χ3n) is 3.58. The summed E-state index contributed by atoms with van der Waals surface area (Å²) in [6.07, 6.45) is 6.98. The summed E-state index contributed by atoms with van der Waals surface area (Å²) in [5.41, 5.74) is 2.25. The van der Waals surface area contributed by atoms with Gasteiger partial charge in [-0.25, -0.2) is 9.67 Å². The Hall–Kier alpha value is -2.70. The first-order valence-corrected chi connectivity index (χ1v) is 7.69. The molecular formula is C16H21N7. The number of nitrogens with zero attached hydrogens (tertiary/aromatic N) is 6. The van der Waals surface area contributed by atoms with Crippen LogP contribution in [-0.4, -0.2) is 36.1 Å². The van der Waals surface area contributed by atoms with Gasteiger partial charge in [0.15, 0.2) is 5.82 Å². The number of hydrogen-bond acceptors (Lipinski definition) is 5. The van der Waals surface area contributed by atoms with Crippen molar-refractivity contribution < 1.29 is 0 Å². The molecule has 3 aromatic rings. The standard InChI is InChI=1S/C16H21N7/c1-12(11-23-14(3)7-13(2)21-23)8-18-15-9-17-10-16(20-15)22-6-4-5-19-22/h4-7,9-10,12H,8,11H2,1-3H3,(H,18,20)/t12-/m1/s1. The second-order valence-electron chi connectivity index (χ2n) is 5.81. The number of anilines is 1. The maximum Gasteiger partial charge on any atom is 0.173 e. The van der Waals surface area contributed by atoms with E-state index in [9.17, 15) is 0 Å². The maximum atomic E-state index is 4.52. The molecule has 0 aromatic carbocycles. The van der Waals surface area contributed by atoms with Crippen molar-refractivity contribution in [1.29, 1.82) is 0 Å². The SMILES string of the molecule is Cc1cc(C)n(C[C@H](C)CNc2cncc(-n3cccn3)n2)n1. The Morgan fingerprint density at radius 2 is 2.13 bits per heavy atom. The molecule has 3 heterocycles. The van der Waals surface area contributed by atoms with Crippen molar-refractivity contribution in [3.8, 4) is 5.82 Å². The predicted molar refractivity (Wildman–Crippen MR) is 88.5 cm³/mol. The first kappa shape index (κ1) is 15.2. The fourth-order valence-electron chi connectivity index (χ4n) is 2.45. The Kier molecular flexibility index (Phi) is 4.36. The number of rotatable bonds is 6. The van der Waals surface area contributed by atoms with Crippen LogP contribution in [0.1, 0.15) is 18.3 Å². The number of hydrogen-bond donors (Lipinski definition) is 1. The summed E-state index contributed by atoms with van der Waals surface area (Å²) in [5, 5.41) is 12.0. The molecule has 3 aromatic heterocycles. The molecule has 0 amide bonds. The zero-order valence-corrected chi connectivity index (χ0v) is 13.6. The molecule has 0 saturated carbocycles. The average Bonchev–Trinajstić information content (AvgIpc) is 3.16. The van der Waals surface area contributed by atoms with E-state index in [1.165, 1.54) is 5.69 Å². The van der Waals surface area contributed by atoms with E-state index in [2.05, 4.69) is 45.4 Å². The van der Waals surface area contributed by atoms with E-state index in [0.717, 1.165) is 24.6 Å². The van der Waals surface area contributed by atoms with Crippen LogP contribution in [0.3, 0.4) is 0 Å². The van der Waals surface area contributed by atoms with Gasteiger partial charge in [0, 0.05) is 31.2 Å². The molecule has 0 spiro atoms. The van der Waals surface area contributed by atoms with Crippen LogP contribution in [-0.2, 0) is 6.54 Å². The van der Waals surface area contributed by atoms with Crippen LogP contribution in [0.5, 0.6) is 0 Å². The monoisotopic (exact) mass is 311 g/mol. The summed E-state index contributed by atoms with van der Waals surface area (Å²) in [6, 6.07) is 3.96. The van der Waals surface area contributed by atoms with Crippen LogP contribution < -0.4 is 5.32 Å². The van der Waals surface area contributed by atoms with Crippen LogP contribution >= 0.6 is 0 Å². The van der Waals surface area contributed by atoms with Gasteiger partial charge in [-0.2, -0.15) is 10.2 Å². The summed E-state index contributed by atoms with van der Waals surface area (Å²) < 4.78 is 3.74. The average molecular weight is 311 g/mol. The molecule has 0 unspecified atom stereocenters. The second kappa shape index (κ2) is 6.60. The molecule has 0 aliphatic rings. The van der Waals surface area contributed by atoms with E-state index in [1.54, 1.807) is 23.3 Å². The third-order valence-corrected chi connectivity index (χ3v) is 3.58. The highest BCUT2D eigenvalue weighted by Gasteiger charge is 2.08. The molecule has 7 nitrogen and oxygen atoms in total. The van der Waals surface area contributed by atoms with E-state index in [4.69, 9.17) is 0 Å². The lowest BCUT2D eigenvalue weighted by Crippen LogP contribution is -2.19. The van der Waals surface area contributed by atoms with Crippen LogP contribution in [0.4, 0.5) is 5.82 Å². The first-order valence-electron chi connectivity index (χ1n) is 7.69. The quantitative estimate of drug-likeness (QED) is 0.755. The molecule has 3 rings (SSSR count). The summed E-state index contributed by atoms with van der Waals surface area (Å²) in [4.78, 5) is 8.74. The van der Waals surface area contributed by atoms with Crippen molar-refractivity contribution in [3.05, 3.63) is 48.3 Å². The van der Waals surface area contributed by atoms with E-state index >= 15 is 0 Å². The molecule has 0 aliphatic carbocycles. The molecule has 0 bridgehead atoms. The maximum absolute atomic E-state index is 4.52. The normalized spacial score (nSPS) is 12.3. The zero-order valence-electron chi connectivity index (χ0n) is 13.6. The molecule has 1 atom stereocenters. The van der Waals surface area contributed by atoms with Gasteiger partial charge in [0.25, 0.3) is 0 Å². The van der Waals surface area contributed by atoms with Gasteiger partial charge in [-0.1, -0.05) is 6.92 Å². The molecule has 1 N–H and O–H groups in total. The van der Waals surface area contributed by atoms with Crippen molar-refractivity contribution in [2.75, 3.05) is 11.9 Å². The van der Waals surface area contributed by atoms with Gasteiger partial charge in [0.1, 0.15) is 5.82 Å². The van der Waals surface area contributed by atoms with Crippen LogP contribution in [0, 0.1) is 19.8 Å². The fraction of sp³-hybridized carbons (Fsp3) is 0.375. The minimum atomic E-state index is 0.420. The van der Waals surface area contributed by atoms with E-state index in [-0.39, 0.29) is 0 Å². The van der Waals surface area contributed by atoms with Gasteiger partial charge in [0.2, 0.25) is 0 Å². The number of aryl methyl sites for hydroxylation is 2. The molecule has 120 valence electrons. The van der Waals surface area contributed by atoms with Gasteiger partial charge in [-0.05, 0) is 31.9 Å². The Balaban J connectivity index is 1.60. The van der Waals surface area contributed by atoms with Gasteiger partial charge in [-0.3, -0.25) is 9.67 Å². The lowest BCUT2D eigenvalue weighted by Gasteiger charge is -2.14. The number of aromatic nitrogens is 6. The lowest BCUT2D eigenvalue weighted by molar-refractivity contribution is 0.458. The topological polar surface area (TPSA) is 73.5 Å². The highest BCUT2D eigenvalue weighted by Crippen LogP contribution is 2.09. The van der Waals surface area contributed by atoms with Crippen molar-refractivity contribution in [3.63, 3.8) is 0 Å². The molecule has 7 heteroatoms. The van der Waals surface area contributed by atoms with Crippen molar-refractivity contribution in [1.82, 2.24) is 29.5 Å². The largest absolute Gasteiger partial charge is 0.368 e. The van der Waals surface area contributed by atoms with Crippen LogP contribution in [0.25, 0.3) is 5.82 Å². The number of nitrogens with one attached hydrogen (secondary N) is 1. The van der Waals surface area contributed by atoms with Gasteiger partial charge < -0.3 is 5.32 Å². The van der Waals surface area contributed by atoms with Crippen LogP contribution in [0.15, 0.2) is 36.9 Å². The fourth-order valence-corrected chi connectivity index (χ4v) is 2.45. The first-order chi connectivity index (χ1) is 11.1. The Bertz CT molecular complexity index is 761. The highest BCUT2D eigenvalue weighted by molar-refractivity contribution is 5.35. The second-order valence-corrected chi connectivity index (χ2v) is 5.81. The summed E-state index contributed by atoms with van der Waals surface area (Å²) in [7, 11) is 0. The van der Waals surface area contributed by atoms with Crippen molar-refractivity contribution >= 4 is 5.82 Å². The molecule has 0 saturated heterocycles. The molecule has 0 radical (unpaired) electrons. The Morgan fingerprint density at radius 1 is 1.26 bits per heavy atom.